The fourth-order valence-corrected chi connectivity index (χ4v) is 2.05. The molecule has 0 spiro atoms. The Labute approximate surface area is 97.5 Å². The molecule has 4 nitrogen and oxygen atoms in total. The van der Waals surface area contributed by atoms with Crippen molar-refractivity contribution < 1.29 is 0 Å². The van der Waals surface area contributed by atoms with Gasteiger partial charge in [-0.1, -0.05) is 0 Å². The first-order valence-electron chi connectivity index (χ1n) is 5.73. The van der Waals surface area contributed by atoms with E-state index in [0.29, 0.717) is 0 Å². The first-order chi connectivity index (χ1) is 7.68. The van der Waals surface area contributed by atoms with Crippen molar-refractivity contribution in [3.63, 3.8) is 0 Å². The number of anilines is 2. The van der Waals surface area contributed by atoms with Gasteiger partial charge in [0.15, 0.2) is 0 Å². The zero-order chi connectivity index (χ0) is 11.5. The van der Waals surface area contributed by atoms with Gasteiger partial charge in [-0.2, -0.15) is 0 Å². The van der Waals surface area contributed by atoms with E-state index in [1.54, 1.807) is 0 Å². The van der Waals surface area contributed by atoms with E-state index in [1.165, 1.54) is 11.4 Å². The van der Waals surface area contributed by atoms with Gasteiger partial charge in [-0.05, 0) is 13.1 Å². The molecule has 0 N–H and O–H groups in total. The second kappa shape index (κ2) is 4.70. The van der Waals surface area contributed by atoms with E-state index in [1.807, 2.05) is 12.4 Å². The third kappa shape index (κ3) is 2.27. The van der Waals surface area contributed by atoms with Crippen LogP contribution in [0.3, 0.4) is 0 Å². The highest BCUT2D eigenvalue weighted by atomic mass is 15.3. The molecule has 4 heteroatoms. The summed E-state index contributed by atoms with van der Waals surface area (Å²) in [6.45, 7) is 4.43. The monoisotopic (exact) mass is 220 g/mol. The summed E-state index contributed by atoms with van der Waals surface area (Å²) in [6, 6.07) is 2.08. The molecular formula is C12H20N4. The van der Waals surface area contributed by atoms with Crippen LogP contribution in [0.15, 0.2) is 18.5 Å². The van der Waals surface area contributed by atoms with Crippen LogP contribution in [0.4, 0.5) is 11.4 Å². The lowest BCUT2D eigenvalue weighted by Crippen LogP contribution is -2.44. The van der Waals surface area contributed by atoms with Crippen molar-refractivity contribution in [2.24, 2.45) is 0 Å². The zero-order valence-electron chi connectivity index (χ0n) is 10.3. The first-order valence-corrected chi connectivity index (χ1v) is 5.73. The molecule has 0 saturated carbocycles. The molecule has 0 aliphatic carbocycles. The summed E-state index contributed by atoms with van der Waals surface area (Å²) in [5.41, 5.74) is 2.50. The van der Waals surface area contributed by atoms with E-state index in [4.69, 9.17) is 0 Å². The fourth-order valence-electron chi connectivity index (χ4n) is 2.05. The Morgan fingerprint density at radius 3 is 2.50 bits per heavy atom. The minimum absolute atomic E-state index is 1.09. The van der Waals surface area contributed by atoms with Gasteiger partial charge in [-0.15, -0.1) is 0 Å². The average Bonchev–Trinajstić information content (AvgIpc) is 2.30. The van der Waals surface area contributed by atoms with Gasteiger partial charge in [-0.25, -0.2) is 0 Å². The first kappa shape index (κ1) is 11.2. The van der Waals surface area contributed by atoms with Crippen LogP contribution in [0, 0.1) is 0 Å². The highest BCUT2D eigenvalue weighted by Crippen LogP contribution is 2.27. The lowest BCUT2D eigenvalue weighted by atomic mass is 10.2. The predicted octanol–water partition coefficient (Wildman–Crippen LogP) is 0.899. The number of rotatable bonds is 2. The van der Waals surface area contributed by atoms with Crippen molar-refractivity contribution in [1.82, 2.24) is 9.88 Å². The Bertz CT molecular complexity index is 343. The molecule has 0 amide bonds. The Morgan fingerprint density at radius 2 is 1.88 bits per heavy atom. The number of piperazine rings is 1. The Balaban J connectivity index is 2.19. The van der Waals surface area contributed by atoms with Crippen molar-refractivity contribution >= 4 is 11.4 Å². The maximum Gasteiger partial charge on any atom is 0.0791 e. The van der Waals surface area contributed by atoms with Crippen LogP contribution in [0.1, 0.15) is 0 Å². The molecule has 2 heterocycles. The van der Waals surface area contributed by atoms with Gasteiger partial charge >= 0.3 is 0 Å². The molecule has 0 unspecified atom stereocenters. The van der Waals surface area contributed by atoms with E-state index in [0.717, 1.165) is 26.2 Å². The van der Waals surface area contributed by atoms with Crippen molar-refractivity contribution in [3.8, 4) is 0 Å². The molecule has 0 radical (unpaired) electrons. The summed E-state index contributed by atoms with van der Waals surface area (Å²) in [4.78, 5) is 11.2. The lowest BCUT2D eigenvalue weighted by Gasteiger charge is -2.35. The number of nitrogens with zero attached hydrogens (tertiary/aromatic N) is 4. The van der Waals surface area contributed by atoms with Crippen LogP contribution in [-0.2, 0) is 0 Å². The van der Waals surface area contributed by atoms with E-state index in [9.17, 15) is 0 Å². The number of likely N-dealkylation sites (N-methyl/N-ethyl adjacent to an activating group) is 1. The molecule has 1 fully saturated rings. The number of aromatic nitrogens is 1. The normalized spacial score (nSPS) is 17.6. The molecule has 88 valence electrons. The second-order valence-corrected chi connectivity index (χ2v) is 4.55. The molecule has 2 rings (SSSR count). The van der Waals surface area contributed by atoms with Gasteiger partial charge < -0.3 is 14.7 Å². The molecule has 1 aliphatic heterocycles. The number of pyridine rings is 1. The third-order valence-corrected chi connectivity index (χ3v) is 3.10. The second-order valence-electron chi connectivity index (χ2n) is 4.55. The Kier molecular flexibility index (Phi) is 3.29. The quantitative estimate of drug-likeness (QED) is 0.738. The number of hydrogen-bond donors (Lipinski definition) is 0. The van der Waals surface area contributed by atoms with Crippen LogP contribution >= 0.6 is 0 Å². The maximum absolute atomic E-state index is 4.24. The van der Waals surface area contributed by atoms with Crippen LogP contribution in [0.2, 0.25) is 0 Å². The zero-order valence-corrected chi connectivity index (χ0v) is 10.3. The highest BCUT2D eigenvalue weighted by molar-refractivity contribution is 5.69. The minimum Gasteiger partial charge on any atom is -0.376 e. The SMILES string of the molecule is CN1CCN(c2cnccc2N(C)C)CC1. The highest BCUT2D eigenvalue weighted by Gasteiger charge is 2.17. The van der Waals surface area contributed by atoms with Gasteiger partial charge in [0.25, 0.3) is 0 Å². The summed E-state index contributed by atoms with van der Waals surface area (Å²) < 4.78 is 0. The molecule has 1 aromatic rings. The molecule has 0 bridgehead atoms. The smallest absolute Gasteiger partial charge is 0.0791 e. The van der Waals surface area contributed by atoms with Crippen LogP contribution in [-0.4, -0.2) is 57.2 Å². The molecular weight excluding hydrogens is 200 g/mol. The third-order valence-electron chi connectivity index (χ3n) is 3.10. The molecule has 0 aromatic carbocycles. The van der Waals surface area contributed by atoms with Crippen LogP contribution in [0.5, 0.6) is 0 Å². The molecule has 1 aliphatic rings. The molecule has 1 aromatic heterocycles. The molecule has 1 saturated heterocycles. The van der Waals surface area contributed by atoms with Crippen LogP contribution in [0.25, 0.3) is 0 Å². The van der Waals surface area contributed by atoms with E-state index < -0.39 is 0 Å². The van der Waals surface area contributed by atoms with Crippen molar-refractivity contribution in [1.29, 1.82) is 0 Å². The van der Waals surface area contributed by atoms with Gasteiger partial charge in [0.1, 0.15) is 0 Å². The van der Waals surface area contributed by atoms with Gasteiger partial charge in [0.2, 0.25) is 0 Å². The van der Waals surface area contributed by atoms with Gasteiger partial charge in [-0.3, -0.25) is 4.98 Å². The van der Waals surface area contributed by atoms with Crippen molar-refractivity contribution in [2.45, 2.75) is 0 Å². The molecule has 0 atom stereocenters. The summed E-state index contributed by atoms with van der Waals surface area (Å²) in [5.74, 6) is 0. The summed E-state index contributed by atoms with van der Waals surface area (Å²) in [6.07, 6.45) is 3.83. The van der Waals surface area contributed by atoms with E-state index in [2.05, 4.69) is 46.9 Å². The Hall–Kier alpha value is -1.29. The summed E-state index contributed by atoms with van der Waals surface area (Å²) >= 11 is 0. The minimum atomic E-state index is 1.09. The topological polar surface area (TPSA) is 22.6 Å². The lowest BCUT2D eigenvalue weighted by molar-refractivity contribution is 0.313. The predicted molar refractivity (Wildman–Crippen MR) is 68.3 cm³/mol. The van der Waals surface area contributed by atoms with E-state index >= 15 is 0 Å². The standard InChI is InChI=1S/C12H20N4/c1-14(2)11-4-5-13-10-12(11)16-8-6-15(3)7-9-16/h4-5,10H,6-9H2,1-3H3. The van der Waals surface area contributed by atoms with E-state index in [-0.39, 0.29) is 0 Å². The van der Waals surface area contributed by atoms with Crippen molar-refractivity contribution in [3.05, 3.63) is 18.5 Å². The van der Waals surface area contributed by atoms with Gasteiger partial charge in [0, 0.05) is 46.5 Å². The fraction of sp³-hybridized carbons (Fsp3) is 0.583. The van der Waals surface area contributed by atoms with Crippen molar-refractivity contribution in [2.75, 3.05) is 57.1 Å². The maximum atomic E-state index is 4.24. The van der Waals surface area contributed by atoms with Gasteiger partial charge in [0.05, 0.1) is 17.6 Å². The average molecular weight is 220 g/mol. The number of hydrogen-bond acceptors (Lipinski definition) is 4. The Morgan fingerprint density at radius 1 is 1.19 bits per heavy atom. The molecule has 16 heavy (non-hydrogen) atoms. The van der Waals surface area contributed by atoms with Crippen LogP contribution < -0.4 is 9.80 Å². The summed E-state index contributed by atoms with van der Waals surface area (Å²) in [7, 11) is 6.33. The summed E-state index contributed by atoms with van der Waals surface area (Å²) in [5, 5.41) is 0. The largest absolute Gasteiger partial charge is 0.376 e.